The number of benzene rings is 1. The molecule has 0 saturated heterocycles. The molecule has 1 aliphatic carbocycles. The molecule has 0 spiro atoms. The first-order valence-electron chi connectivity index (χ1n) is 10.1. The van der Waals surface area contributed by atoms with E-state index in [1.165, 1.54) is 18.2 Å². The SMILES string of the molecule is CC1=C(C(=O)O)C(c2cccc([N+](=O)[O-])c2)C(C(=O)OC2(CCBr)CCCC2)=C(C)N1. The van der Waals surface area contributed by atoms with Gasteiger partial charge in [-0.2, -0.15) is 0 Å². The summed E-state index contributed by atoms with van der Waals surface area (Å²) in [6.07, 6.45) is 4.10. The van der Waals surface area contributed by atoms with E-state index in [2.05, 4.69) is 21.2 Å². The number of dihydropyridines is 1. The van der Waals surface area contributed by atoms with E-state index in [4.69, 9.17) is 4.74 Å². The molecule has 166 valence electrons. The van der Waals surface area contributed by atoms with E-state index in [1.807, 2.05) is 0 Å². The third-order valence-corrected chi connectivity index (χ3v) is 6.40. The van der Waals surface area contributed by atoms with Crippen LogP contribution in [-0.2, 0) is 14.3 Å². The molecule has 1 unspecified atom stereocenters. The van der Waals surface area contributed by atoms with Gasteiger partial charge in [-0.15, -0.1) is 0 Å². The van der Waals surface area contributed by atoms with Crippen molar-refractivity contribution in [3.8, 4) is 0 Å². The number of halogens is 1. The van der Waals surface area contributed by atoms with Gasteiger partial charge in [0.2, 0.25) is 0 Å². The number of nitro groups is 1. The second-order valence-electron chi connectivity index (χ2n) is 8.01. The zero-order chi connectivity index (χ0) is 22.8. The van der Waals surface area contributed by atoms with Gasteiger partial charge in [0.1, 0.15) is 5.60 Å². The Balaban J connectivity index is 2.09. The second kappa shape index (κ2) is 9.21. The molecule has 31 heavy (non-hydrogen) atoms. The van der Waals surface area contributed by atoms with Gasteiger partial charge in [0.25, 0.3) is 5.69 Å². The predicted molar refractivity (Wildman–Crippen MR) is 118 cm³/mol. The Morgan fingerprint density at radius 2 is 1.90 bits per heavy atom. The van der Waals surface area contributed by atoms with Crippen molar-refractivity contribution in [3.63, 3.8) is 0 Å². The maximum atomic E-state index is 13.4. The third-order valence-electron chi connectivity index (χ3n) is 6.00. The molecule has 1 fully saturated rings. The van der Waals surface area contributed by atoms with Gasteiger partial charge < -0.3 is 15.2 Å². The van der Waals surface area contributed by atoms with Crippen molar-refractivity contribution in [1.82, 2.24) is 5.32 Å². The molecule has 8 nitrogen and oxygen atoms in total. The number of rotatable bonds is 7. The summed E-state index contributed by atoms with van der Waals surface area (Å²) in [5, 5.41) is 24.9. The number of carbonyl (C=O) groups excluding carboxylic acids is 1. The van der Waals surface area contributed by atoms with Crippen LogP contribution in [0.5, 0.6) is 0 Å². The lowest BCUT2D eigenvalue weighted by molar-refractivity contribution is -0.384. The van der Waals surface area contributed by atoms with Crippen LogP contribution in [-0.4, -0.2) is 32.9 Å². The van der Waals surface area contributed by atoms with Crippen molar-refractivity contribution in [3.05, 3.63) is 62.5 Å². The van der Waals surface area contributed by atoms with Crippen LogP contribution in [0.2, 0.25) is 0 Å². The van der Waals surface area contributed by atoms with E-state index in [9.17, 15) is 24.8 Å². The summed E-state index contributed by atoms with van der Waals surface area (Å²) >= 11 is 3.43. The highest BCUT2D eigenvalue weighted by Gasteiger charge is 2.42. The number of hydrogen-bond donors (Lipinski definition) is 2. The number of aliphatic carboxylic acids is 1. The van der Waals surface area contributed by atoms with Gasteiger partial charge >= 0.3 is 11.9 Å². The van der Waals surface area contributed by atoms with Crippen LogP contribution in [0.3, 0.4) is 0 Å². The van der Waals surface area contributed by atoms with Crippen molar-refractivity contribution in [2.45, 2.75) is 57.5 Å². The molecule has 0 bridgehead atoms. The predicted octanol–water partition coefficient (Wildman–Crippen LogP) is 4.56. The number of non-ortho nitro benzene ring substituents is 1. The number of esters is 1. The molecule has 1 saturated carbocycles. The molecule has 0 aromatic heterocycles. The van der Waals surface area contributed by atoms with Gasteiger partial charge in [0.05, 0.1) is 22.0 Å². The molecule has 1 aromatic rings. The molecule has 0 amide bonds. The standard InChI is InChI=1S/C22H25BrN2O6/c1-13-17(20(26)27)19(15-6-5-7-16(12-15)25(29)30)18(14(2)24-13)21(28)31-22(10-11-23)8-3-4-9-22/h5-7,12,19,24H,3-4,8-11H2,1-2H3,(H,26,27). The van der Waals surface area contributed by atoms with E-state index in [-0.39, 0.29) is 16.8 Å². The smallest absolute Gasteiger partial charge is 0.337 e. The first-order valence-corrected chi connectivity index (χ1v) is 11.3. The molecule has 0 radical (unpaired) electrons. The number of nitrogens with zero attached hydrogens (tertiary/aromatic N) is 1. The summed E-state index contributed by atoms with van der Waals surface area (Å²) in [6, 6.07) is 5.74. The molecule has 2 N–H and O–H groups in total. The Bertz CT molecular complexity index is 978. The van der Waals surface area contributed by atoms with Crippen LogP contribution in [0.4, 0.5) is 5.69 Å². The zero-order valence-electron chi connectivity index (χ0n) is 17.4. The Labute approximate surface area is 188 Å². The second-order valence-corrected chi connectivity index (χ2v) is 8.80. The largest absolute Gasteiger partial charge is 0.478 e. The molecule has 9 heteroatoms. The Kier molecular flexibility index (Phi) is 6.83. The maximum absolute atomic E-state index is 13.4. The summed E-state index contributed by atoms with van der Waals surface area (Å²) < 4.78 is 6.03. The lowest BCUT2D eigenvalue weighted by Gasteiger charge is -2.33. The Hall–Kier alpha value is -2.68. The van der Waals surface area contributed by atoms with Gasteiger partial charge in [-0.05, 0) is 51.5 Å². The number of ether oxygens (including phenoxy) is 1. The van der Waals surface area contributed by atoms with Crippen LogP contribution in [0.1, 0.15) is 57.4 Å². The monoisotopic (exact) mass is 492 g/mol. The maximum Gasteiger partial charge on any atom is 0.337 e. The lowest BCUT2D eigenvalue weighted by atomic mass is 9.80. The summed E-state index contributed by atoms with van der Waals surface area (Å²) in [5.74, 6) is -2.76. The van der Waals surface area contributed by atoms with Crippen LogP contribution in [0.15, 0.2) is 46.8 Å². The van der Waals surface area contributed by atoms with Gasteiger partial charge in [0.15, 0.2) is 0 Å². The van der Waals surface area contributed by atoms with Crippen molar-refractivity contribution in [2.75, 3.05) is 5.33 Å². The molecule has 2 aliphatic rings. The summed E-state index contributed by atoms with van der Waals surface area (Å²) in [4.78, 5) is 36.3. The molecule has 1 aliphatic heterocycles. The van der Waals surface area contributed by atoms with Gasteiger partial charge in [-0.25, -0.2) is 9.59 Å². The Morgan fingerprint density at radius 1 is 1.26 bits per heavy atom. The van der Waals surface area contributed by atoms with E-state index in [0.29, 0.717) is 28.7 Å². The molecular formula is C22H25BrN2O6. The highest BCUT2D eigenvalue weighted by molar-refractivity contribution is 9.09. The fraction of sp³-hybridized carbons (Fsp3) is 0.455. The minimum Gasteiger partial charge on any atom is -0.478 e. The topological polar surface area (TPSA) is 119 Å². The summed E-state index contributed by atoms with van der Waals surface area (Å²) in [7, 11) is 0. The fourth-order valence-corrected chi connectivity index (χ4v) is 5.27. The molecular weight excluding hydrogens is 468 g/mol. The highest BCUT2D eigenvalue weighted by atomic mass is 79.9. The first-order chi connectivity index (χ1) is 14.7. The molecule has 3 rings (SSSR count). The summed E-state index contributed by atoms with van der Waals surface area (Å²) in [5.41, 5.74) is 0.615. The van der Waals surface area contributed by atoms with Crippen LogP contribution in [0, 0.1) is 10.1 Å². The number of allylic oxidation sites excluding steroid dienone is 2. The van der Waals surface area contributed by atoms with E-state index in [1.54, 1.807) is 19.9 Å². The average Bonchev–Trinajstić information content (AvgIpc) is 3.15. The van der Waals surface area contributed by atoms with Crippen molar-refractivity contribution in [1.29, 1.82) is 0 Å². The average molecular weight is 493 g/mol. The fourth-order valence-electron chi connectivity index (χ4n) is 4.55. The van der Waals surface area contributed by atoms with E-state index in [0.717, 1.165) is 25.7 Å². The number of nitrogens with one attached hydrogen (secondary N) is 1. The number of nitro benzene ring substituents is 1. The zero-order valence-corrected chi connectivity index (χ0v) is 19.0. The molecule has 1 heterocycles. The van der Waals surface area contributed by atoms with Crippen molar-refractivity contribution >= 4 is 33.6 Å². The van der Waals surface area contributed by atoms with Crippen LogP contribution < -0.4 is 5.32 Å². The van der Waals surface area contributed by atoms with E-state index < -0.39 is 28.4 Å². The van der Waals surface area contributed by atoms with Crippen LogP contribution >= 0.6 is 15.9 Å². The van der Waals surface area contributed by atoms with Gasteiger partial charge in [0, 0.05) is 28.9 Å². The van der Waals surface area contributed by atoms with Crippen molar-refractivity contribution in [2.24, 2.45) is 0 Å². The first kappa shape index (κ1) is 23.0. The normalized spacial score (nSPS) is 20.4. The number of alkyl halides is 1. The van der Waals surface area contributed by atoms with Gasteiger partial charge in [-0.3, -0.25) is 10.1 Å². The van der Waals surface area contributed by atoms with Crippen LogP contribution in [0.25, 0.3) is 0 Å². The molecule has 1 aromatic carbocycles. The third kappa shape index (κ3) is 4.66. The Morgan fingerprint density at radius 3 is 2.48 bits per heavy atom. The number of hydrogen-bond acceptors (Lipinski definition) is 6. The number of carboxylic acids is 1. The lowest BCUT2D eigenvalue weighted by Crippen LogP contribution is -2.37. The molecule has 1 atom stereocenters. The number of carbonyl (C=O) groups is 2. The highest BCUT2D eigenvalue weighted by Crippen LogP contribution is 2.42. The van der Waals surface area contributed by atoms with E-state index >= 15 is 0 Å². The van der Waals surface area contributed by atoms with Gasteiger partial charge in [-0.1, -0.05) is 28.1 Å². The quantitative estimate of drug-likeness (QED) is 0.248. The minimum atomic E-state index is -1.20. The number of carboxylic acid groups (broad SMARTS) is 1. The summed E-state index contributed by atoms with van der Waals surface area (Å²) in [6.45, 7) is 3.30. The van der Waals surface area contributed by atoms with Crippen molar-refractivity contribution < 1.29 is 24.4 Å². The minimum absolute atomic E-state index is 0.0287.